The van der Waals surface area contributed by atoms with Crippen LogP contribution in [0.25, 0.3) is 5.65 Å². The quantitative estimate of drug-likeness (QED) is 0.925. The summed E-state index contributed by atoms with van der Waals surface area (Å²) in [5.41, 5.74) is 0.856. The molecule has 0 amide bonds. The van der Waals surface area contributed by atoms with Crippen LogP contribution in [0.15, 0.2) is 18.3 Å². The van der Waals surface area contributed by atoms with E-state index < -0.39 is 0 Å². The highest BCUT2D eigenvalue weighted by atomic mass is 35.5. The minimum atomic E-state index is 0.685. The number of anilines is 1. The van der Waals surface area contributed by atoms with Gasteiger partial charge in [-0.1, -0.05) is 11.6 Å². The van der Waals surface area contributed by atoms with Crippen molar-refractivity contribution in [2.24, 2.45) is 5.92 Å². The van der Waals surface area contributed by atoms with E-state index in [-0.39, 0.29) is 0 Å². The normalized spacial score (nSPS) is 24.0. The molecule has 0 aliphatic carbocycles. The maximum absolute atomic E-state index is 6.00. The van der Waals surface area contributed by atoms with Crippen molar-refractivity contribution >= 4 is 23.2 Å². The molecule has 2 saturated heterocycles. The van der Waals surface area contributed by atoms with E-state index in [0.29, 0.717) is 5.02 Å². The molecular weight excluding hydrogens is 286 g/mol. The second-order valence-corrected chi connectivity index (χ2v) is 6.53. The van der Waals surface area contributed by atoms with Gasteiger partial charge in [-0.2, -0.15) is 4.98 Å². The molecule has 2 aliphatic rings. The van der Waals surface area contributed by atoms with Crippen LogP contribution in [0.3, 0.4) is 0 Å². The molecule has 0 bridgehead atoms. The lowest BCUT2D eigenvalue weighted by Gasteiger charge is -2.34. The van der Waals surface area contributed by atoms with Gasteiger partial charge in [0, 0.05) is 25.3 Å². The number of pyridine rings is 1. The van der Waals surface area contributed by atoms with Crippen LogP contribution in [0.5, 0.6) is 0 Å². The molecule has 2 fully saturated rings. The van der Waals surface area contributed by atoms with Gasteiger partial charge in [-0.15, -0.1) is 5.10 Å². The number of nitrogens with one attached hydrogen (secondary N) is 1. The number of nitrogens with zero attached hydrogens (tertiary/aromatic N) is 4. The van der Waals surface area contributed by atoms with Gasteiger partial charge in [-0.05, 0) is 50.3 Å². The summed E-state index contributed by atoms with van der Waals surface area (Å²) < 4.78 is 1.77. The Hall–Kier alpha value is -1.33. The molecule has 0 aromatic carbocycles. The highest BCUT2D eigenvalue weighted by Gasteiger charge is 2.29. The average molecular weight is 306 g/mol. The molecule has 5 nitrogen and oxygen atoms in total. The minimum Gasteiger partial charge on any atom is -0.339 e. The van der Waals surface area contributed by atoms with Crippen molar-refractivity contribution in [2.75, 3.05) is 24.5 Å². The van der Waals surface area contributed by atoms with Crippen molar-refractivity contribution < 1.29 is 0 Å². The zero-order chi connectivity index (χ0) is 14.2. The highest BCUT2D eigenvalue weighted by molar-refractivity contribution is 6.30. The van der Waals surface area contributed by atoms with E-state index >= 15 is 0 Å². The Labute approximate surface area is 129 Å². The largest absolute Gasteiger partial charge is 0.339 e. The molecule has 112 valence electrons. The maximum Gasteiger partial charge on any atom is 0.245 e. The number of hydrogen-bond acceptors (Lipinski definition) is 4. The van der Waals surface area contributed by atoms with Crippen molar-refractivity contribution in [1.82, 2.24) is 19.9 Å². The zero-order valence-electron chi connectivity index (χ0n) is 12.0. The summed E-state index contributed by atoms with van der Waals surface area (Å²) in [6.45, 7) is 3.29. The third kappa shape index (κ3) is 2.60. The van der Waals surface area contributed by atoms with Crippen LogP contribution in [-0.2, 0) is 0 Å². The summed E-state index contributed by atoms with van der Waals surface area (Å²) in [6.07, 6.45) is 6.94. The predicted molar refractivity (Wildman–Crippen MR) is 84.0 cm³/mol. The van der Waals surface area contributed by atoms with E-state index in [0.717, 1.165) is 36.6 Å². The van der Waals surface area contributed by atoms with Crippen molar-refractivity contribution in [1.29, 1.82) is 0 Å². The smallest absolute Gasteiger partial charge is 0.245 e. The number of rotatable bonds is 2. The van der Waals surface area contributed by atoms with Crippen LogP contribution >= 0.6 is 11.6 Å². The third-order valence-electron chi connectivity index (χ3n) is 4.77. The number of hydrogen-bond donors (Lipinski definition) is 1. The van der Waals surface area contributed by atoms with Gasteiger partial charge in [0.25, 0.3) is 0 Å². The maximum atomic E-state index is 6.00. The third-order valence-corrected chi connectivity index (χ3v) is 5.00. The number of piperidine rings is 1. The van der Waals surface area contributed by atoms with Crippen LogP contribution in [0, 0.1) is 5.92 Å². The van der Waals surface area contributed by atoms with Crippen molar-refractivity contribution in [3.05, 3.63) is 23.4 Å². The molecule has 0 spiro atoms. The molecule has 21 heavy (non-hydrogen) atoms. The molecule has 4 rings (SSSR count). The second kappa shape index (κ2) is 5.46. The summed E-state index contributed by atoms with van der Waals surface area (Å²) >= 11 is 6.00. The van der Waals surface area contributed by atoms with Crippen molar-refractivity contribution in [2.45, 2.75) is 31.7 Å². The van der Waals surface area contributed by atoms with Gasteiger partial charge in [-0.25, -0.2) is 4.52 Å². The monoisotopic (exact) mass is 305 g/mol. The van der Waals surface area contributed by atoms with Gasteiger partial charge in [0.1, 0.15) is 0 Å². The fourth-order valence-electron chi connectivity index (χ4n) is 3.60. The first-order valence-electron chi connectivity index (χ1n) is 7.80. The van der Waals surface area contributed by atoms with Gasteiger partial charge in [0.15, 0.2) is 5.65 Å². The summed E-state index contributed by atoms with van der Waals surface area (Å²) in [7, 11) is 0. The summed E-state index contributed by atoms with van der Waals surface area (Å²) in [6, 6.07) is 4.50. The van der Waals surface area contributed by atoms with E-state index in [2.05, 4.69) is 20.3 Å². The molecule has 0 saturated carbocycles. The first kappa shape index (κ1) is 13.3. The highest BCUT2D eigenvalue weighted by Crippen LogP contribution is 2.27. The van der Waals surface area contributed by atoms with E-state index in [4.69, 9.17) is 11.6 Å². The SMILES string of the molecule is Clc1ccc2nc(N3CCC(C4CCCN4)CC3)nn2c1. The lowest BCUT2D eigenvalue weighted by Crippen LogP contribution is -2.41. The van der Waals surface area contributed by atoms with Crippen molar-refractivity contribution in [3.8, 4) is 0 Å². The molecule has 1 unspecified atom stereocenters. The first-order valence-corrected chi connectivity index (χ1v) is 8.18. The molecule has 2 aliphatic heterocycles. The van der Waals surface area contributed by atoms with Crippen molar-refractivity contribution in [3.63, 3.8) is 0 Å². The Morgan fingerprint density at radius 2 is 2.05 bits per heavy atom. The van der Waals surface area contributed by atoms with E-state index in [1.54, 1.807) is 4.52 Å². The average Bonchev–Trinajstić information content (AvgIpc) is 3.16. The Kier molecular flexibility index (Phi) is 3.47. The summed E-state index contributed by atoms with van der Waals surface area (Å²) in [4.78, 5) is 6.90. The van der Waals surface area contributed by atoms with Crippen LogP contribution in [-0.4, -0.2) is 40.3 Å². The van der Waals surface area contributed by atoms with Crippen LogP contribution in [0.4, 0.5) is 5.95 Å². The summed E-state index contributed by atoms with van der Waals surface area (Å²) in [5, 5.41) is 8.88. The predicted octanol–water partition coefficient (Wildman–Crippen LogP) is 2.35. The molecule has 2 aromatic rings. The molecule has 1 atom stereocenters. The Balaban J connectivity index is 1.46. The first-order chi connectivity index (χ1) is 10.3. The molecule has 2 aromatic heterocycles. The van der Waals surface area contributed by atoms with Gasteiger partial charge < -0.3 is 10.2 Å². The number of fused-ring (bicyclic) bond motifs is 1. The molecule has 6 heteroatoms. The van der Waals surface area contributed by atoms with Crippen LogP contribution < -0.4 is 10.2 Å². The van der Waals surface area contributed by atoms with Crippen LogP contribution in [0.1, 0.15) is 25.7 Å². The van der Waals surface area contributed by atoms with Gasteiger partial charge in [-0.3, -0.25) is 0 Å². The van der Waals surface area contributed by atoms with Gasteiger partial charge in [0.05, 0.1) is 5.02 Å². The molecule has 0 radical (unpaired) electrons. The fraction of sp³-hybridized carbons (Fsp3) is 0.600. The topological polar surface area (TPSA) is 45.5 Å². The standard InChI is InChI=1S/C15H20ClN5/c16-12-3-4-14-18-15(19-21(14)10-12)20-8-5-11(6-9-20)13-2-1-7-17-13/h3-4,10-11,13,17H,1-2,5-9H2. The van der Waals surface area contributed by atoms with E-state index in [1.165, 1.54) is 32.2 Å². The van der Waals surface area contributed by atoms with E-state index in [9.17, 15) is 0 Å². The summed E-state index contributed by atoms with van der Waals surface area (Å²) in [5.74, 6) is 1.64. The lowest BCUT2D eigenvalue weighted by molar-refractivity contribution is 0.317. The molecule has 4 heterocycles. The van der Waals surface area contributed by atoms with E-state index in [1.807, 2.05) is 18.3 Å². The zero-order valence-corrected chi connectivity index (χ0v) is 12.8. The number of halogens is 1. The minimum absolute atomic E-state index is 0.685. The Bertz CT molecular complexity index is 626. The van der Waals surface area contributed by atoms with Crippen LogP contribution in [0.2, 0.25) is 5.02 Å². The van der Waals surface area contributed by atoms with Gasteiger partial charge >= 0.3 is 0 Å². The molecule has 1 N–H and O–H groups in total. The fourth-order valence-corrected chi connectivity index (χ4v) is 3.75. The lowest BCUT2D eigenvalue weighted by atomic mass is 9.89. The van der Waals surface area contributed by atoms with Gasteiger partial charge in [0.2, 0.25) is 5.95 Å². The molecular formula is C15H20ClN5. The Morgan fingerprint density at radius 3 is 2.81 bits per heavy atom. The number of aromatic nitrogens is 3. The Morgan fingerprint density at radius 1 is 1.19 bits per heavy atom. The second-order valence-electron chi connectivity index (χ2n) is 6.09.